The summed E-state index contributed by atoms with van der Waals surface area (Å²) in [5, 5.41) is 2.62. The van der Waals surface area contributed by atoms with Gasteiger partial charge in [-0.25, -0.2) is 19.9 Å². The van der Waals surface area contributed by atoms with Crippen LogP contribution in [0.1, 0.15) is 68.2 Å². The molecule has 0 atom stereocenters. The highest BCUT2D eigenvalue weighted by Gasteiger charge is 2.35. The van der Waals surface area contributed by atoms with Crippen LogP contribution in [-0.2, 0) is 6.42 Å². The van der Waals surface area contributed by atoms with Gasteiger partial charge in [-0.2, -0.15) is 9.97 Å². The number of anilines is 1. The highest BCUT2D eigenvalue weighted by Crippen LogP contribution is 2.40. The second kappa shape index (κ2) is 8.13. The summed E-state index contributed by atoms with van der Waals surface area (Å²) in [6, 6.07) is 8.61. The molecule has 5 rings (SSSR count). The van der Waals surface area contributed by atoms with Gasteiger partial charge < -0.3 is 15.0 Å². The van der Waals surface area contributed by atoms with Gasteiger partial charge in [-0.1, -0.05) is 24.3 Å². The van der Waals surface area contributed by atoms with Gasteiger partial charge in [-0.15, -0.1) is 0 Å². The van der Waals surface area contributed by atoms with Crippen LogP contribution in [0.2, 0.25) is 0 Å². The van der Waals surface area contributed by atoms with Gasteiger partial charge in [0.1, 0.15) is 17.2 Å². The normalized spacial score (nSPS) is 21.7. The maximum atomic E-state index is 11.1. The smallest absolute Gasteiger partial charge is 0.459 e. The fraction of sp³-hybridized carbons (Fsp3) is 0.458. The Kier molecular flexibility index (Phi) is 5.26. The Labute approximate surface area is 191 Å². The number of aliphatic imine (C=N–C) groups is 1. The second-order valence-electron chi connectivity index (χ2n) is 9.45. The van der Waals surface area contributed by atoms with Gasteiger partial charge in [0.25, 0.3) is 0 Å². The second-order valence-corrected chi connectivity index (χ2v) is 9.45. The highest BCUT2D eigenvalue weighted by molar-refractivity contribution is 6.09. The molecular formula is C24H28N6O3. The standard InChI is InChI=1S/C24H28N6O3/c1-13-26-21(25)19-22(27-13)32-24(2,3)20(29-19)17-10-8-16(9-11-17)15-6-4-14(5-7-15)12-18-28-23(31)33-30-18/h8-11,14-15H,4-7,12H2,1-3H3,(H2,25,26,27)(H,28,30,31)/t14-,15-. The molecule has 1 fully saturated rings. The molecule has 2 aliphatic rings. The number of fused-ring (bicyclic) bond motifs is 1. The van der Waals surface area contributed by atoms with Crippen LogP contribution in [0.5, 0.6) is 5.88 Å². The predicted molar refractivity (Wildman–Crippen MR) is 124 cm³/mol. The van der Waals surface area contributed by atoms with Gasteiger partial charge in [0.05, 0.1) is 5.71 Å². The van der Waals surface area contributed by atoms with Gasteiger partial charge in [-0.3, -0.25) is 0 Å². The Hall–Kier alpha value is -3.49. The third kappa shape index (κ3) is 4.27. The molecule has 9 nitrogen and oxygen atoms in total. The molecule has 1 aromatic carbocycles. The lowest BCUT2D eigenvalue weighted by molar-refractivity contribution is 0.171. The number of ether oxygens (including phenoxy) is 1. The van der Waals surface area contributed by atoms with Crippen LogP contribution < -0.4 is 16.2 Å². The minimum Gasteiger partial charge on any atom is -0.463 e. The Morgan fingerprint density at radius 1 is 1.09 bits per heavy atom. The monoisotopic (exact) mass is 448 g/mol. The highest BCUT2D eigenvalue weighted by atomic mass is 16.5. The first-order valence-electron chi connectivity index (χ1n) is 11.4. The first-order chi connectivity index (χ1) is 15.8. The van der Waals surface area contributed by atoms with Crippen molar-refractivity contribution in [3.05, 3.63) is 57.6 Å². The third-order valence-electron chi connectivity index (χ3n) is 6.60. The Bertz CT molecular complexity index is 1250. The van der Waals surface area contributed by atoms with Crippen LogP contribution >= 0.6 is 0 Å². The van der Waals surface area contributed by atoms with E-state index in [0.29, 0.717) is 40.9 Å². The molecule has 33 heavy (non-hydrogen) atoms. The number of aromatic amines is 1. The van der Waals surface area contributed by atoms with E-state index < -0.39 is 11.4 Å². The van der Waals surface area contributed by atoms with Gasteiger partial charge in [0.2, 0.25) is 5.88 Å². The SMILES string of the molecule is Cc1nc(N)c2c(n1)OC(C)(C)C(c1ccc([C@H]3CC[C@H](Cc4nc(=O)o[nH]4)CC3)cc1)=N2. The van der Waals surface area contributed by atoms with Crippen molar-refractivity contribution in [2.75, 3.05) is 5.73 Å². The number of aryl methyl sites for hydroxylation is 1. The van der Waals surface area contributed by atoms with Crippen molar-refractivity contribution in [2.45, 2.75) is 64.4 Å². The number of rotatable bonds is 4. The zero-order valence-electron chi connectivity index (χ0n) is 19.1. The zero-order valence-corrected chi connectivity index (χ0v) is 19.1. The predicted octanol–water partition coefficient (Wildman–Crippen LogP) is 3.85. The first-order valence-corrected chi connectivity index (χ1v) is 11.4. The summed E-state index contributed by atoms with van der Waals surface area (Å²) in [4.78, 5) is 28.4. The number of hydrogen-bond donors (Lipinski definition) is 2. The minimum atomic E-state index is -0.637. The molecular weight excluding hydrogens is 420 g/mol. The maximum Gasteiger partial charge on any atom is 0.459 e. The molecule has 1 saturated carbocycles. The number of benzene rings is 1. The molecule has 172 valence electrons. The lowest BCUT2D eigenvalue weighted by Gasteiger charge is -2.32. The molecule has 9 heteroatoms. The number of nitrogen functional groups attached to an aromatic ring is 1. The van der Waals surface area contributed by atoms with Crippen LogP contribution in [0.4, 0.5) is 11.5 Å². The molecule has 0 spiro atoms. The maximum absolute atomic E-state index is 11.1. The van der Waals surface area contributed by atoms with Crippen molar-refractivity contribution in [3.63, 3.8) is 0 Å². The van der Waals surface area contributed by atoms with E-state index in [2.05, 4.69) is 48.9 Å². The van der Waals surface area contributed by atoms with Crippen LogP contribution in [0, 0.1) is 12.8 Å². The molecule has 1 aliphatic heterocycles. The van der Waals surface area contributed by atoms with Crippen molar-refractivity contribution >= 4 is 17.2 Å². The summed E-state index contributed by atoms with van der Waals surface area (Å²) < 4.78 is 10.8. The molecule has 0 amide bonds. The van der Waals surface area contributed by atoms with Crippen molar-refractivity contribution in [1.29, 1.82) is 0 Å². The van der Waals surface area contributed by atoms with Crippen LogP contribution in [0.25, 0.3) is 0 Å². The number of nitrogens with two attached hydrogens (primary N) is 1. The molecule has 0 bridgehead atoms. The van der Waals surface area contributed by atoms with Crippen molar-refractivity contribution in [2.24, 2.45) is 10.9 Å². The Morgan fingerprint density at radius 3 is 2.48 bits per heavy atom. The van der Waals surface area contributed by atoms with E-state index in [0.717, 1.165) is 43.4 Å². The molecule has 0 radical (unpaired) electrons. The lowest BCUT2D eigenvalue weighted by atomic mass is 9.77. The van der Waals surface area contributed by atoms with E-state index in [1.165, 1.54) is 5.56 Å². The largest absolute Gasteiger partial charge is 0.463 e. The average molecular weight is 449 g/mol. The average Bonchev–Trinajstić information content (AvgIpc) is 3.18. The van der Waals surface area contributed by atoms with Gasteiger partial charge in [-0.05, 0) is 63.9 Å². The molecule has 3 aromatic rings. The quantitative estimate of drug-likeness (QED) is 0.619. The van der Waals surface area contributed by atoms with Crippen LogP contribution in [-0.4, -0.2) is 31.4 Å². The summed E-state index contributed by atoms with van der Waals surface area (Å²) in [5.41, 5.74) is 9.09. The Morgan fingerprint density at radius 2 is 1.82 bits per heavy atom. The third-order valence-corrected chi connectivity index (χ3v) is 6.60. The summed E-state index contributed by atoms with van der Waals surface area (Å²) >= 11 is 0. The number of H-pyrrole nitrogens is 1. The van der Waals surface area contributed by atoms with Crippen molar-refractivity contribution in [3.8, 4) is 5.88 Å². The molecule has 3 heterocycles. The zero-order chi connectivity index (χ0) is 23.2. The van der Waals surface area contributed by atoms with E-state index in [9.17, 15) is 4.79 Å². The van der Waals surface area contributed by atoms with E-state index in [1.54, 1.807) is 6.92 Å². The lowest BCUT2D eigenvalue weighted by Crippen LogP contribution is -2.41. The summed E-state index contributed by atoms with van der Waals surface area (Å²) in [6.07, 6.45) is 5.19. The number of nitrogens with one attached hydrogen (secondary N) is 1. The summed E-state index contributed by atoms with van der Waals surface area (Å²) in [6.45, 7) is 5.76. The first kappa shape index (κ1) is 21.4. The van der Waals surface area contributed by atoms with E-state index in [1.807, 2.05) is 13.8 Å². The molecule has 0 unspecified atom stereocenters. The Balaban J connectivity index is 1.30. The summed E-state index contributed by atoms with van der Waals surface area (Å²) in [7, 11) is 0. The molecule has 3 N–H and O–H groups in total. The van der Waals surface area contributed by atoms with Gasteiger partial charge in [0, 0.05) is 12.0 Å². The molecule has 1 aliphatic carbocycles. The fourth-order valence-corrected chi connectivity index (χ4v) is 4.92. The van der Waals surface area contributed by atoms with Crippen LogP contribution in [0.3, 0.4) is 0 Å². The summed E-state index contributed by atoms with van der Waals surface area (Å²) in [5.74, 6) is 2.46. The van der Waals surface area contributed by atoms with Crippen LogP contribution in [0.15, 0.2) is 38.6 Å². The number of aromatic nitrogens is 4. The fourth-order valence-electron chi connectivity index (χ4n) is 4.92. The number of nitrogens with zero attached hydrogens (tertiary/aromatic N) is 4. The number of hydrogen-bond acceptors (Lipinski definition) is 8. The topological polar surface area (TPSA) is 132 Å². The van der Waals surface area contributed by atoms with Gasteiger partial charge in [0.15, 0.2) is 11.5 Å². The molecule has 0 saturated heterocycles. The minimum absolute atomic E-state index is 0.327. The molecule has 2 aromatic heterocycles. The van der Waals surface area contributed by atoms with E-state index in [4.69, 9.17) is 15.5 Å². The van der Waals surface area contributed by atoms with Gasteiger partial charge >= 0.3 is 5.76 Å². The van der Waals surface area contributed by atoms with E-state index in [-0.39, 0.29) is 0 Å². The van der Waals surface area contributed by atoms with E-state index >= 15 is 0 Å². The van der Waals surface area contributed by atoms with Crippen molar-refractivity contribution < 1.29 is 9.26 Å². The van der Waals surface area contributed by atoms with Crippen molar-refractivity contribution in [1.82, 2.24) is 20.1 Å².